The maximum absolute atomic E-state index is 12.7. The number of hydrogen-bond donors (Lipinski definition) is 1. The Morgan fingerprint density at radius 3 is 2.32 bits per heavy atom. The molecule has 1 aliphatic heterocycles. The Kier molecular flexibility index (Phi) is 4.12. The van der Waals surface area contributed by atoms with Crippen LogP contribution in [0.3, 0.4) is 0 Å². The second kappa shape index (κ2) is 6.12. The molecule has 1 aliphatic rings. The number of alkyl halides is 3. The Labute approximate surface area is 141 Å². The number of amides is 2. The van der Waals surface area contributed by atoms with Gasteiger partial charge in [0.2, 0.25) is 5.91 Å². The SMILES string of the molecule is NC(=O)CN1CN(c2ccc(C(F)(F)F)cc2)c2ccccc2C1=O. The first kappa shape index (κ1) is 16.8. The highest BCUT2D eigenvalue weighted by Crippen LogP contribution is 2.35. The monoisotopic (exact) mass is 349 g/mol. The van der Waals surface area contributed by atoms with Crippen LogP contribution in [0.5, 0.6) is 0 Å². The summed E-state index contributed by atoms with van der Waals surface area (Å²) in [5.74, 6) is -1.02. The zero-order chi connectivity index (χ0) is 18.2. The number of halogens is 3. The number of primary amides is 1. The van der Waals surface area contributed by atoms with Crippen molar-refractivity contribution in [3.8, 4) is 0 Å². The first-order valence-corrected chi connectivity index (χ1v) is 7.39. The van der Waals surface area contributed by atoms with Crippen LogP contribution in [0.25, 0.3) is 0 Å². The van der Waals surface area contributed by atoms with Crippen molar-refractivity contribution in [3.05, 3.63) is 59.7 Å². The first-order valence-electron chi connectivity index (χ1n) is 7.39. The molecule has 2 aromatic rings. The van der Waals surface area contributed by atoms with Crippen LogP contribution in [0.4, 0.5) is 24.5 Å². The van der Waals surface area contributed by atoms with E-state index in [0.29, 0.717) is 16.9 Å². The maximum atomic E-state index is 12.7. The number of para-hydroxylation sites is 1. The summed E-state index contributed by atoms with van der Waals surface area (Å²) in [6.07, 6.45) is -4.42. The summed E-state index contributed by atoms with van der Waals surface area (Å²) >= 11 is 0. The minimum atomic E-state index is -4.42. The van der Waals surface area contributed by atoms with E-state index in [1.54, 1.807) is 29.2 Å². The van der Waals surface area contributed by atoms with Gasteiger partial charge in [-0.3, -0.25) is 9.59 Å². The quantitative estimate of drug-likeness (QED) is 0.927. The molecule has 25 heavy (non-hydrogen) atoms. The minimum absolute atomic E-state index is 0.0180. The van der Waals surface area contributed by atoms with E-state index in [1.165, 1.54) is 17.0 Å². The first-order chi connectivity index (χ1) is 11.8. The van der Waals surface area contributed by atoms with Gasteiger partial charge in [0.25, 0.3) is 5.91 Å². The second-order valence-electron chi connectivity index (χ2n) is 5.60. The average Bonchev–Trinajstić information content (AvgIpc) is 2.56. The molecule has 3 rings (SSSR count). The fourth-order valence-corrected chi connectivity index (χ4v) is 2.73. The number of fused-ring (bicyclic) bond motifs is 1. The van der Waals surface area contributed by atoms with Gasteiger partial charge < -0.3 is 15.5 Å². The molecule has 0 aliphatic carbocycles. The Balaban J connectivity index is 2.01. The number of nitrogens with two attached hydrogens (primary N) is 1. The molecule has 0 saturated carbocycles. The standard InChI is InChI=1S/C17H14F3N3O2/c18-17(19,20)11-5-7-12(8-6-11)23-10-22(9-15(21)24)16(25)13-3-1-2-4-14(13)23/h1-8H,9-10H2,(H2,21,24). The van der Waals surface area contributed by atoms with E-state index in [-0.39, 0.29) is 19.1 Å². The predicted molar refractivity (Wildman–Crippen MR) is 85.1 cm³/mol. The lowest BCUT2D eigenvalue weighted by atomic mass is 10.1. The third-order valence-corrected chi connectivity index (χ3v) is 3.88. The van der Waals surface area contributed by atoms with Crippen molar-refractivity contribution in [3.63, 3.8) is 0 Å². The molecule has 2 amide bonds. The normalized spacial score (nSPS) is 14.4. The van der Waals surface area contributed by atoms with Gasteiger partial charge in [-0.05, 0) is 36.4 Å². The van der Waals surface area contributed by atoms with Crippen molar-refractivity contribution in [1.29, 1.82) is 0 Å². The average molecular weight is 349 g/mol. The summed E-state index contributed by atoms with van der Waals surface area (Å²) < 4.78 is 38.2. The van der Waals surface area contributed by atoms with E-state index in [9.17, 15) is 22.8 Å². The molecule has 5 nitrogen and oxygen atoms in total. The van der Waals surface area contributed by atoms with E-state index in [0.717, 1.165) is 12.1 Å². The molecule has 0 bridgehead atoms. The number of carbonyl (C=O) groups excluding carboxylic acids is 2. The van der Waals surface area contributed by atoms with Crippen LogP contribution in [-0.2, 0) is 11.0 Å². The fourth-order valence-electron chi connectivity index (χ4n) is 2.73. The topological polar surface area (TPSA) is 66.6 Å². The fraction of sp³-hybridized carbons (Fsp3) is 0.176. The van der Waals surface area contributed by atoms with Gasteiger partial charge in [0, 0.05) is 5.69 Å². The summed E-state index contributed by atoms with van der Waals surface area (Å²) in [5.41, 5.74) is 5.82. The number of carbonyl (C=O) groups is 2. The van der Waals surface area contributed by atoms with Gasteiger partial charge in [0.15, 0.2) is 0 Å². The molecule has 0 unspecified atom stereocenters. The number of rotatable bonds is 3. The van der Waals surface area contributed by atoms with Crippen molar-refractivity contribution >= 4 is 23.2 Å². The zero-order valence-electron chi connectivity index (χ0n) is 13.0. The highest BCUT2D eigenvalue weighted by molar-refractivity contribution is 6.04. The summed E-state index contributed by atoms with van der Waals surface area (Å²) in [5, 5.41) is 0. The van der Waals surface area contributed by atoms with Crippen molar-refractivity contribution in [2.75, 3.05) is 18.1 Å². The number of nitrogens with zero attached hydrogens (tertiary/aromatic N) is 2. The van der Waals surface area contributed by atoms with E-state index in [2.05, 4.69) is 0 Å². The summed E-state index contributed by atoms with van der Waals surface area (Å²) in [4.78, 5) is 26.6. The van der Waals surface area contributed by atoms with E-state index >= 15 is 0 Å². The third-order valence-electron chi connectivity index (χ3n) is 3.88. The van der Waals surface area contributed by atoms with Gasteiger partial charge in [-0.2, -0.15) is 13.2 Å². The van der Waals surface area contributed by atoms with Crippen LogP contribution in [0.15, 0.2) is 48.5 Å². The third kappa shape index (κ3) is 3.28. The van der Waals surface area contributed by atoms with Gasteiger partial charge in [-0.1, -0.05) is 12.1 Å². The van der Waals surface area contributed by atoms with Crippen molar-refractivity contribution < 1.29 is 22.8 Å². The number of benzene rings is 2. The lowest BCUT2D eigenvalue weighted by Gasteiger charge is -2.37. The minimum Gasteiger partial charge on any atom is -0.368 e. The summed E-state index contributed by atoms with van der Waals surface area (Å²) in [6.45, 7) is -0.256. The van der Waals surface area contributed by atoms with Crippen LogP contribution in [0.2, 0.25) is 0 Å². The Morgan fingerprint density at radius 2 is 1.72 bits per heavy atom. The second-order valence-corrected chi connectivity index (χ2v) is 5.60. The Morgan fingerprint density at radius 1 is 1.08 bits per heavy atom. The van der Waals surface area contributed by atoms with Crippen molar-refractivity contribution in [2.45, 2.75) is 6.18 Å². The molecule has 130 valence electrons. The van der Waals surface area contributed by atoms with Crippen molar-refractivity contribution in [2.24, 2.45) is 5.73 Å². The molecule has 2 N–H and O–H groups in total. The lowest BCUT2D eigenvalue weighted by molar-refractivity contribution is -0.137. The van der Waals surface area contributed by atoms with E-state index in [4.69, 9.17) is 5.73 Å². The highest BCUT2D eigenvalue weighted by atomic mass is 19.4. The number of hydrogen-bond acceptors (Lipinski definition) is 3. The molecular formula is C17H14F3N3O2. The number of anilines is 2. The molecule has 0 atom stereocenters. The van der Waals surface area contributed by atoms with Crippen LogP contribution < -0.4 is 10.6 Å². The molecule has 0 saturated heterocycles. The maximum Gasteiger partial charge on any atom is 0.416 e. The smallest absolute Gasteiger partial charge is 0.368 e. The molecule has 0 radical (unpaired) electrons. The lowest BCUT2D eigenvalue weighted by Crippen LogP contribution is -2.48. The molecule has 0 aromatic heterocycles. The molecule has 2 aromatic carbocycles. The van der Waals surface area contributed by atoms with E-state index in [1.807, 2.05) is 0 Å². The molecular weight excluding hydrogens is 335 g/mol. The predicted octanol–water partition coefficient (Wildman–Crippen LogP) is 2.74. The Bertz CT molecular complexity index is 819. The molecule has 0 spiro atoms. The zero-order valence-corrected chi connectivity index (χ0v) is 13.0. The van der Waals surface area contributed by atoms with Gasteiger partial charge in [0.1, 0.15) is 6.54 Å². The van der Waals surface area contributed by atoms with Crippen LogP contribution in [0.1, 0.15) is 15.9 Å². The van der Waals surface area contributed by atoms with E-state index < -0.39 is 17.6 Å². The van der Waals surface area contributed by atoms with Gasteiger partial charge in [-0.25, -0.2) is 0 Å². The molecule has 1 heterocycles. The van der Waals surface area contributed by atoms with Crippen LogP contribution in [0, 0.1) is 0 Å². The largest absolute Gasteiger partial charge is 0.416 e. The van der Waals surface area contributed by atoms with Crippen molar-refractivity contribution in [1.82, 2.24) is 4.90 Å². The van der Waals surface area contributed by atoms with Crippen LogP contribution in [-0.4, -0.2) is 29.9 Å². The van der Waals surface area contributed by atoms with Gasteiger partial charge in [0.05, 0.1) is 23.5 Å². The van der Waals surface area contributed by atoms with Crippen LogP contribution >= 0.6 is 0 Å². The molecule has 8 heteroatoms. The van der Waals surface area contributed by atoms with Gasteiger partial charge >= 0.3 is 6.18 Å². The summed E-state index contributed by atoms with van der Waals surface area (Å²) in [7, 11) is 0. The summed E-state index contributed by atoms with van der Waals surface area (Å²) in [6, 6.07) is 11.3. The molecule has 0 fully saturated rings. The highest BCUT2D eigenvalue weighted by Gasteiger charge is 2.32. The Hall–Kier alpha value is -3.03. The van der Waals surface area contributed by atoms with Gasteiger partial charge in [-0.15, -0.1) is 0 Å².